The van der Waals surface area contributed by atoms with Gasteiger partial charge in [-0.2, -0.15) is 0 Å². The molecule has 2 aliphatic rings. The van der Waals surface area contributed by atoms with Crippen molar-refractivity contribution in [1.82, 2.24) is 9.88 Å². The molecule has 5 nitrogen and oxygen atoms in total. The van der Waals surface area contributed by atoms with Crippen LogP contribution in [0, 0.1) is 0 Å². The number of nitrogens with two attached hydrogens (primary N) is 1. The summed E-state index contributed by atoms with van der Waals surface area (Å²) in [5.74, 6) is 6.69. The summed E-state index contributed by atoms with van der Waals surface area (Å²) in [5.41, 5.74) is 2.52. The fraction of sp³-hybridized carbons (Fsp3) is 0.643. The molecule has 3 N–H and O–H groups in total. The molecule has 3 heterocycles. The molecule has 7 heteroatoms. The Morgan fingerprint density at radius 1 is 1.14 bits per heavy atom. The number of nitrogen functional groups attached to an aromatic ring is 1. The Bertz CT molecular complexity index is 504. The second-order valence-corrected chi connectivity index (χ2v) is 6.57. The van der Waals surface area contributed by atoms with Gasteiger partial charge in [0.05, 0.1) is 10.0 Å². The van der Waals surface area contributed by atoms with E-state index in [9.17, 15) is 0 Å². The maximum atomic E-state index is 6.30. The largest absolute Gasteiger partial charge is 0.354 e. The first kappa shape index (κ1) is 15.2. The maximum absolute atomic E-state index is 6.30. The number of hydrogen-bond donors (Lipinski definition) is 2. The normalized spacial score (nSPS) is 23.6. The quantitative estimate of drug-likeness (QED) is 0.659. The molecule has 1 atom stereocenters. The molecule has 0 bridgehead atoms. The van der Waals surface area contributed by atoms with E-state index in [1.165, 1.54) is 32.4 Å². The molecule has 0 saturated carbocycles. The van der Waals surface area contributed by atoms with Gasteiger partial charge in [0.1, 0.15) is 5.82 Å². The molecule has 3 rings (SSSR count). The lowest BCUT2D eigenvalue weighted by Gasteiger charge is -2.32. The topological polar surface area (TPSA) is 57.4 Å². The molecule has 0 aromatic carbocycles. The molecule has 0 radical (unpaired) electrons. The summed E-state index contributed by atoms with van der Waals surface area (Å²) in [5, 5.41) is 1.02. The highest BCUT2D eigenvalue weighted by atomic mass is 35.5. The number of piperidine rings is 1. The number of nitrogens with zero attached hydrogens (tertiary/aromatic N) is 3. The Hall–Kier alpha value is -0.750. The lowest BCUT2D eigenvalue weighted by Crippen LogP contribution is -2.41. The van der Waals surface area contributed by atoms with E-state index in [0.717, 1.165) is 25.3 Å². The number of halogens is 2. The van der Waals surface area contributed by atoms with Gasteiger partial charge in [0.25, 0.3) is 0 Å². The fourth-order valence-corrected chi connectivity index (χ4v) is 3.83. The Balaban J connectivity index is 1.73. The minimum absolute atomic E-state index is 0.443. The van der Waals surface area contributed by atoms with Gasteiger partial charge in [-0.15, -0.1) is 0 Å². The number of hydrazine groups is 1. The van der Waals surface area contributed by atoms with Crippen LogP contribution in [0.1, 0.15) is 25.7 Å². The zero-order chi connectivity index (χ0) is 14.8. The monoisotopic (exact) mass is 329 g/mol. The van der Waals surface area contributed by atoms with Crippen molar-refractivity contribution < 1.29 is 0 Å². The van der Waals surface area contributed by atoms with Gasteiger partial charge in [0.2, 0.25) is 0 Å². The molecule has 0 spiro atoms. The van der Waals surface area contributed by atoms with Gasteiger partial charge in [0, 0.05) is 19.1 Å². The highest BCUT2D eigenvalue weighted by molar-refractivity contribution is 6.37. The van der Waals surface area contributed by atoms with Crippen molar-refractivity contribution >= 4 is 34.8 Å². The van der Waals surface area contributed by atoms with Crippen LogP contribution in [0.25, 0.3) is 0 Å². The van der Waals surface area contributed by atoms with Crippen LogP contribution in [-0.2, 0) is 0 Å². The Morgan fingerprint density at radius 3 is 2.62 bits per heavy atom. The maximum Gasteiger partial charge on any atom is 0.161 e. The number of anilines is 2. The number of rotatable bonds is 3. The summed E-state index contributed by atoms with van der Waals surface area (Å²) >= 11 is 12.3. The van der Waals surface area contributed by atoms with Gasteiger partial charge in [-0.05, 0) is 38.4 Å². The molecule has 116 valence electrons. The standard InChI is InChI=1S/C14H21Cl2N5/c15-11-8-12(16)14(18-13(11)19-17)21-7-4-10(9-21)20-5-2-1-3-6-20/h8,10H,1-7,9,17H2,(H,18,19). The molecular formula is C14H21Cl2N5. The summed E-state index contributed by atoms with van der Waals surface area (Å²) in [6, 6.07) is 2.31. The highest BCUT2D eigenvalue weighted by Crippen LogP contribution is 2.33. The smallest absolute Gasteiger partial charge is 0.161 e. The fourth-order valence-electron chi connectivity index (χ4n) is 3.30. The van der Waals surface area contributed by atoms with Crippen LogP contribution in [-0.4, -0.2) is 42.1 Å². The Labute approximate surface area is 135 Å². The van der Waals surface area contributed by atoms with E-state index in [-0.39, 0.29) is 0 Å². The second-order valence-electron chi connectivity index (χ2n) is 5.75. The second kappa shape index (κ2) is 6.57. The number of aromatic nitrogens is 1. The van der Waals surface area contributed by atoms with Gasteiger partial charge in [-0.1, -0.05) is 29.6 Å². The van der Waals surface area contributed by atoms with Crippen LogP contribution in [0.2, 0.25) is 10.0 Å². The molecule has 1 aromatic rings. The average Bonchev–Trinajstić information content (AvgIpc) is 2.98. The van der Waals surface area contributed by atoms with Crippen molar-refractivity contribution in [2.75, 3.05) is 36.5 Å². The summed E-state index contributed by atoms with van der Waals surface area (Å²) in [6.07, 6.45) is 5.16. The van der Waals surface area contributed by atoms with Crippen molar-refractivity contribution in [2.24, 2.45) is 5.84 Å². The van der Waals surface area contributed by atoms with E-state index < -0.39 is 0 Å². The predicted molar refractivity (Wildman–Crippen MR) is 88.1 cm³/mol. The SMILES string of the molecule is NNc1nc(N2CCC(N3CCCCC3)C2)c(Cl)cc1Cl. The molecule has 0 aliphatic carbocycles. The molecule has 0 amide bonds. The van der Waals surface area contributed by atoms with E-state index in [1.54, 1.807) is 6.07 Å². The average molecular weight is 330 g/mol. The van der Waals surface area contributed by atoms with E-state index in [4.69, 9.17) is 29.0 Å². The lowest BCUT2D eigenvalue weighted by atomic mass is 10.1. The summed E-state index contributed by atoms with van der Waals surface area (Å²) in [7, 11) is 0. The third-order valence-corrected chi connectivity index (χ3v) is 4.98. The lowest BCUT2D eigenvalue weighted by molar-refractivity contribution is 0.175. The van der Waals surface area contributed by atoms with Gasteiger partial charge in [-0.25, -0.2) is 10.8 Å². The minimum Gasteiger partial charge on any atom is -0.354 e. The van der Waals surface area contributed by atoms with Crippen LogP contribution in [0.3, 0.4) is 0 Å². The molecule has 21 heavy (non-hydrogen) atoms. The van der Waals surface area contributed by atoms with Crippen molar-refractivity contribution in [3.05, 3.63) is 16.1 Å². The van der Waals surface area contributed by atoms with Crippen molar-refractivity contribution in [2.45, 2.75) is 31.7 Å². The Kier molecular flexibility index (Phi) is 4.74. The first-order chi connectivity index (χ1) is 10.2. The van der Waals surface area contributed by atoms with E-state index >= 15 is 0 Å². The van der Waals surface area contributed by atoms with Gasteiger partial charge in [0.15, 0.2) is 5.82 Å². The molecular weight excluding hydrogens is 309 g/mol. The van der Waals surface area contributed by atoms with Crippen molar-refractivity contribution in [1.29, 1.82) is 0 Å². The first-order valence-electron chi connectivity index (χ1n) is 7.50. The number of pyridine rings is 1. The van der Waals surface area contributed by atoms with Crippen LogP contribution in [0.15, 0.2) is 6.07 Å². The molecule has 1 aromatic heterocycles. The third-order valence-electron chi connectivity index (χ3n) is 4.42. The van der Waals surface area contributed by atoms with Gasteiger partial charge in [-0.3, -0.25) is 4.90 Å². The zero-order valence-corrected chi connectivity index (χ0v) is 13.5. The summed E-state index contributed by atoms with van der Waals surface area (Å²) in [6.45, 7) is 4.38. The minimum atomic E-state index is 0.443. The number of hydrogen-bond acceptors (Lipinski definition) is 5. The van der Waals surface area contributed by atoms with Crippen LogP contribution < -0.4 is 16.2 Å². The number of likely N-dealkylation sites (tertiary alicyclic amines) is 1. The molecule has 2 fully saturated rings. The third kappa shape index (κ3) is 3.21. The van der Waals surface area contributed by atoms with E-state index in [2.05, 4.69) is 20.2 Å². The molecule has 2 aliphatic heterocycles. The predicted octanol–water partition coefficient (Wildman–Crippen LogP) is 2.74. The summed E-state index contributed by atoms with van der Waals surface area (Å²) < 4.78 is 0. The van der Waals surface area contributed by atoms with Crippen molar-refractivity contribution in [3.63, 3.8) is 0 Å². The molecule has 1 unspecified atom stereocenters. The van der Waals surface area contributed by atoms with Crippen LogP contribution >= 0.6 is 23.2 Å². The van der Waals surface area contributed by atoms with Gasteiger partial charge < -0.3 is 10.3 Å². The van der Waals surface area contributed by atoms with Crippen molar-refractivity contribution in [3.8, 4) is 0 Å². The van der Waals surface area contributed by atoms with Crippen LogP contribution in [0.4, 0.5) is 11.6 Å². The Morgan fingerprint density at radius 2 is 1.90 bits per heavy atom. The van der Waals surface area contributed by atoms with E-state index in [1.807, 2.05) is 0 Å². The number of nitrogens with one attached hydrogen (secondary N) is 1. The van der Waals surface area contributed by atoms with Crippen LogP contribution in [0.5, 0.6) is 0 Å². The molecule has 2 saturated heterocycles. The summed E-state index contributed by atoms with van der Waals surface area (Å²) in [4.78, 5) is 9.30. The van der Waals surface area contributed by atoms with E-state index in [0.29, 0.717) is 21.9 Å². The first-order valence-corrected chi connectivity index (χ1v) is 8.26. The highest BCUT2D eigenvalue weighted by Gasteiger charge is 2.30. The van der Waals surface area contributed by atoms with Gasteiger partial charge >= 0.3 is 0 Å². The zero-order valence-electron chi connectivity index (χ0n) is 12.0.